The average Bonchev–Trinajstić information content (AvgIpc) is 2.78. The molecule has 2 saturated heterocycles. The molecule has 4 nitrogen and oxygen atoms in total. The van der Waals surface area contributed by atoms with Gasteiger partial charge in [0.25, 0.3) is 0 Å². The number of carbonyl (C=O) groups excluding carboxylic acids is 1. The van der Waals surface area contributed by atoms with Crippen molar-refractivity contribution in [3.63, 3.8) is 0 Å². The van der Waals surface area contributed by atoms with Crippen LogP contribution in [0.3, 0.4) is 0 Å². The molecule has 4 atom stereocenters. The Bertz CT molecular complexity index is 305. The van der Waals surface area contributed by atoms with E-state index in [0.717, 1.165) is 32.0 Å². The fourth-order valence-electron chi connectivity index (χ4n) is 3.83. The normalized spacial score (nSPS) is 33.0. The zero-order valence-corrected chi connectivity index (χ0v) is 13.3. The van der Waals surface area contributed by atoms with Crippen LogP contribution in [0.5, 0.6) is 0 Å². The first kappa shape index (κ1) is 15.8. The van der Waals surface area contributed by atoms with Crippen molar-refractivity contribution in [1.29, 1.82) is 0 Å². The van der Waals surface area contributed by atoms with Gasteiger partial charge in [0.2, 0.25) is 5.91 Å². The molecule has 20 heavy (non-hydrogen) atoms. The van der Waals surface area contributed by atoms with Gasteiger partial charge in [-0.2, -0.15) is 0 Å². The summed E-state index contributed by atoms with van der Waals surface area (Å²) in [6.07, 6.45) is 6.12. The molecule has 116 valence electrons. The van der Waals surface area contributed by atoms with Crippen molar-refractivity contribution in [2.24, 2.45) is 5.92 Å². The lowest BCUT2D eigenvalue weighted by molar-refractivity contribution is -0.126. The van der Waals surface area contributed by atoms with E-state index in [2.05, 4.69) is 36.3 Å². The minimum Gasteiger partial charge on any atom is -0.355 e. The third kappa shape index (κ3) is 3.95. The lowest BCUT2D eigenvalue weighted by Crippen LogP contribution is -2.49. The molecular formula is C16H31N3O. The third-order valence-electron chi connectivity index (χ3n) is 5.10. The molecule has 0 aromatic carbocycles. The molecule has 0 saturated carbocycles. The summed E-state index contributed by atoms with van der Waals surface area (Å²) < 4.78 is 0. The number of hydrogen-bond donors (Lipinski definition) is 2. The highest BCUT2D eigenvalue weighted by atomic mass is 16.2. The molecule has 2 fully saturated rings. The lowest BCUT2D eigenvalue weighted by Gasteiger charge is -2.31. The van der Waals surface area contributed by atoms with Crippen LogP contribution in [0.2, 0.25) is 0 Å². The minimum atomic E-state index is 0.00646. The number of hydrogen-bond acceptors (Lipinski definition) is 3. The Morgan fingerprint density at radius 2 is 2.00 bits per heavy atom. The van der Waals surface area contributed by atoms with Crippen molar-refractivity contribution in [1.82, 2.24) is 15.5 Å². The summed E-state index contributed by atoms with van der Waals surface area (Å²) in [7, 11) is 0. The van der Waals surface area contributed by atoms with E-state index in [1.807, 2.05) is 0 Å². The van der Waals surface area contributed by atoms with Crippen molar-refractivity contribution in [2.75, 3.05) is 19.6 Å². The Morgan fingerprint density at radius 3 is 2.60 bits per heavy atom. The predicted molar refractivity (Wildman–Crippen MR) is 82.7 cm³/mol. The molecule has 2 heterocycles. The Hall–Kier alpha value is -0.610. The lowest BCUT2D eigenvalue weighted by atomic mass is 9.96. The molecule has 0 aromatic rings. The van der Waals surface area contributed by atoms with Crippen LogP contribution in [-0.2, 0) is 4.79 Å². The van der Waals surface area contributed by atoms with Crippen molar-refractivity contribution in [3.8, 4) is 0 Å². The molecular weight excluding hydrogens is 250 g/mol. The molecule has 4 heteroatoms. The second-order valence-corrected chi connectivity index (χ2v) is 6.69. The first-order chi connectivity index (χ1) is 9.59. The quantitative estimate of drug-likeness (QED) is 0.807. The van der Waals surface area contributed by atoms with Gasteiger partial charge in [-0.15, -0.1) is 0 Å². The van der Waals surface area contributed by atoms with Crippen molar-refractivity contribution >= 4 is 5.91 Å². The van der Waals surface area contributed by atoms with Gasteiger partial charge >= 0.3 is 0 Å². The summed E-state index contributed by atoms with van der Waals surface area (Å²) in [5, 5.41) is 6.57. The molecule has 1 amide bonds. The van der Waals surface area contributed by atoms with E-state index < -0.39 is 0 Å². The van der Waals surface area contributed by atoms with E-state index in [4.69, 9.17) is 0 Å². The van der Waals surface area contributed by atoms with Gasteiger partial charge in [0.1, 0.15) is 0 Å². The molecule has 2 N–H and O–H groups in total. The highest BCUT2D eigenvalue weighted by Gasteiger charge is 2.34. The number of nitrogens with zero attached hydrogens (tertiary/aromatic N) is 1. The van der Waals surface area contributed by atoms with Gasteiger partial charge in [-0.1, -0.05) is 0 Å². The molecule has 2 rings (SSSR count). The van der Waals surface area contributed by atoms with Crippen LogP contribution in [0.4, 0.5) is 0 Å². The van der Waals surface area contributed by atoms with Crippen molar-refractivity contribution in [3.05, 3.63) is 0 Å². The molecule has 4 unspecified atom stereocenters. The third-order valence-corrected chi connectivity index (χ3v) is 5.10. The summed E-state index contributed by atoms with van der Waals surface area (Å²) in [6.45, 7) is 9.63. The maximum Gasteiger partial charge on any atom is 0.237 e. The second-order valence-electron chi connectivity index (χ2n) is 6.69. The van der Waals surface area contributed by atoms with Crippen LogP contribution < -0.4 is 10.6 Å². The summed E-state index contributed by atoms with van der Waals surface area (Å²) in [6, 6.07) is 1.08. The topological polar surface area (TPSA) is 44.4 Å². The number of nitrogens with one attached hydrogen (secondary N) is 2. The molecule has 0 aliphatic carbocycles. The van der Waals surface area contributed by atoms with Crippen LogP contribution in [0.25, 0.3) is 0 Å². The molecule has 0 aromatic heterocycles. The maximum absolute atomic E-state index is 12.3. The van der Waals surface area contributed by atoms with Gasteiger partial charge in [0.05, 0.1) is 6.04 Å². The monoisotopic (exact) mass is 281 g/mol. The van der Waals surface area contributed by atoms with E-state index in [1.54, 1.807) is 0 Å². The highest BCUT2D eigenvalue weighted by molar-refractivity contribution is 5.81. The Morgan fingerprint density at radius 1 is 1.30 bits per heavy atom. The number of piperidine rings is 1. The first-order valence-corrected chi connectivity index (χ1v) is 8.35. The highest BCUT2D eigenvalue weighted by Crippen LogP contribution is 2.25. The first-order valence-electron chi connectivity index (χ1n) is 8.35. The summed E-state index contributed by atoms with van der Waals surface area (Å²) >= 11 is 0. The number of rotatable bonds is 5. The number of amides is 1. The zero-order valence-electron chi connectivity index (χ0n) is 13.3. The van der Waals surface area contributed by atoms with Gasteiger partial charge in [-0.05, 0) is 71.9 Å². The SMILES string of the molecule is CC1CCC(C)N1C(C)C(=O)NCCC1CCCNC1. The van der Waals surface area contributed by atoms with Crippen LogP contribution in [0.15, 0.2) is 0 Å². The van der Waals surface area contributed by atoms with Gasteiger partial charge in [-0.25, -0.2) is 0 Å². The van der Waals surface area contributed by atoms with Crippen LogP contribution in [0.1, 0.15) is 52.9 Å². The summed E-state index contributed by atoms with van der Waals surface area (Å²) in [5.74, 6) is 0.943. The van der Waals surface area contributed by atoms with Crippen molar-refractivity contribution in [2.45, 2.75) is 71.0 Å². The van der Waals surface area contributed by atoms with Gasteiger partial charge in [-0.3, -0.25) is 9.69 Å². The molecule has 0 bridgehead atoms. The Balaban J connectivity index is 1.70. The van der Waals surface area contributed by atoms with E-state index in [9.17, 15) is 4.79 Å². The molecule has 0 radical (unpaired) electrons. The average molecular weight is 281 g/mol. The molecule has 2 aliphatic heterocycles. The number of carbonyl (C=O) groups is 1. The Kier molecular flexibility index (Phi) is 5.85. The minimum absolute atomic E-state index is 0.00646. The van der Waals surface area contributed by atoms with E-state index >= 15 is 0 Å². The van der Waals surface area contributed by atoms with E-state index in [1.165, 1.54) is 25.7 Å². The van der Waals surface area contributed by atoms with Crippen molar-refractivity contribution < 1.29 is 4.79 Å². The summed E-state index contributed by atoms with van der Waals surface area (Å²) in [4.78, 5) is 14.7. The fraction of sp³-hybridized carbons (Fsp3) is 0.938. The fourth-order valence-corrected chi connectivity index (χ4v) is 3.83. The van der Waals surface area contributed by atoms with Gasteiger partial charge in [0.15, 0.2) is 0 Å². The second kappa shape index (κ2) is 7.41. The zero-order chi connectivity index (χ0) is 14.5. The predicted octanol–water partition coefficient (Wildman–Crippen LogP) is 1.75. The van der Waals surface area contributed by atoms with Crippen LogP contribution >= 0.6 is 0 Å². The van der Waals surface area contributed by atoms with Crippen LogP contribution in [-0.4, -0.2) is 48.6 Å². The van der Waals surface area contributed by atoms with Crippen LogP contribution in [0, 0.1) is 5.92 Å². The van der Waals surface area contributed by atoms with E-state index in [0.29, 0.717) is 12.1 Å². The molecule has 0 spiro atoms. The van der Waals surface area contributed by atoms with Gasteiger partial charge in [0, 0.05) is 18.6 Å². The standard InChI is InChI=1S/C16H31N3O/c1-12-6-7-13(2)19(12)14(3)16(20)18-10-8-15-5-4-9-17-11-15/h12-15,17H,4-11H2,1-3H3,(H,18,20). The largest absolute Gasteiger partial charge is 0.355 e. The van der Waals surface area contributed by atoms with E-state index in [-0.39, 0.29) is 11.9 Å². The summed E-state index contributed by atoms with van der Waals surface area (Å²) in [5.41, 5.74) is 0. The van der Waals surface area contributed by atoms with Gasteiger partial charge < -0.3 is 10.6 Å². The smallest absolute Gasteiger partial charge is 0.237 e. The maximum atomic E-state index is 12.3. The Labute approximate surface area is 123 Å². The number of likely N-dealkylation sites (tertiary alicyclic amines) is 1. The molecule has 2 aliphatic rings.